The van der Waals surface area contributed by atoms with Crippen LogP contribution in [0.4, 0.5) is 0 Å². The molecule has 12 nitrogen and oxygen atoms in total. The van der Waals surface area contributed by atoms with Gasteiger partial charge in [0.25, 0.3) is 0 Å². The minimum absolute atomic E-state index is 0.0123. The molecule has 0 spiro atoms. The van der Waals surface area contributed by atoms with E-state index in [-0.39, 0.29) is 25.9 Å². The Balaban J connectivity index is 2.69. The zero-order valence-corrected chi connectivity index (χ0v) is 53.3. The van der Waals surface area contributed by atoms with Crippen LogP contribution in [0.2, 0.25) is 0 Å². The van der Waals surface area contributed by atoms with Crippen molar-refractivity contribution < 1.29 is 58.2 Å². The van der Waals surface area contributed by atoms with E-state index in [2.05, 4.69) is 142 Å². The summed E-state index contributed by atoms with van der Waals surface area (Å²) < 4.78 is 28.5. The van der Waals surface area contributed by atoms with Gasteiger partial charge >= 0.3 is 23.9 Å². The summed E-state index contributed by atoms with van der Waals surface area (Å²) in [5, 5.41) is 31.6. The lowest BCUT2D eigenvalue weighted by atomic mass is 9.98. The molecule has 1 saturated heterocycles. The normalized spacial score (nSPS) is 18.2. The van der Waals surface area contributed by atoms with Gasteiger partial charge in [-0.05, 0) is 128 Å². The molecule has 0 aromatic heterocycles. The Morgan fingerprint density at radius 1 is 0.400 bits per heavy atom. The summed E-state index contributed by atoms with van der Waals surface area (Å²) in [6.07, 6.45) is 70.1. The lowest BCUT2D eigenvalue weighted by Crippen LogP contribution is -2.61. The van der Waals surface area contributed by atoms with Crippen LogP contribution < -0.4 is 0 Å². The predicted octanol–water partition coefficient (Wildman–Crippen LogP) is 18.3. The SMILES string of the molecule is CC/C=C\C/C=C\C/C=C\C/C=C\C/C=C\CCCCCC(=O)OC1C(OCC(COC(=O)CCCCCCCCCCC/C=C\CCCCCCCC)OC(=O)CCCCCC/C=C\C/C=C\C/C=C\C/C=C\CC)OC(C(=O)O)C(O)C1O. The first-order valence-corrected chi connectivity index (χ1v) is 33.5. The van der Waals surface area contributed by atoms with E-state index in [9.17, 15) is 34.5 Å². The van der Waals surface area contributed by atoms with Gasteiger partial charge in [-0.1, -0.05) is 239 Å². The maximum Gasteiger partial charge on any atom is 0.335 e. The number of unbranched alkanes of at least 4 members (excludes halogenated alkanes) is 22. The van der Waals surface area contributed by atoms with Gasteiger partial charge < -0.3 is 39.0 Å². The highest BCUT2D eigenvalue weighted by Crippen LogP contribution is 2.26. The second kappa shape index (κ2) is 59.5. The number of aliphatic carboxylic acids is 1. The van der Waals surface area contributed by atoms with Crippen molar-refractivity contribution in [3.63, 3.8) is 0 Å². The summed E-state index contributed by atoms with van der Waals surface area (Å²) in [7, 11) is 0. The number of hydrogen-bond donors (Lipinski definition) is 3. The summed E-state index contributed by atoms with van der Waals surface area (Å²) in [6, 6.07) is 0. The van der Waals surface area contributed by atoms with Crippen molar-refractivity contribution in [2.24, 2.45) is 0 Å². The summed E-state index contributed by atoms with van der Waals surface area (Å²) in [5.41, 5.74) is 0. The van der Waals surface area contributed by atoms with E-state index in [1.165, 1.54) is 83.5 Å². The molecule has 1 fully saturated rings. The van der Waals surface area contributed by atoms with E-state index in [1.807, 2.05) is 0 Å². The van der Waals surface area contributed by atoms with E-state index < -0.39 is 67.3 Å². The van der Waals surface area contributed by atoms with E-state index in [0.29, 0.717) is 19.3 Å². The third kappa shape index (κ3) is 48.9. The van der Waals surface area contributed by atoms with Gasteiger partial charge in [-0.25, -0.2) is 4.79 Å². The van der Waals surface area contributed by atoms with Crippen molar-refractivity contribution >= 4 is 23.9 Å². The number of rotatable bonds is 56. The first-order valence-electron chi connectivity index (χ1n) is 33.5. The lowest BCUT2D eigenvalue weighted by Gasteiger charge is -2.40. The van der Waals surface area contributed by atoms with Crippen LogP contribution in [-0.4, -0.2) is 89.2 Å². The molecule has 1 heterocycles. The minimum Gasteiger partial charge on any atom is -0.479 e. The van der Waals surface area contributed by atoms with Crippen LogP contribution in [0.5, 0.6) is 0 Å². The van der Waals surface area contributed by atoms with Crippen molar-refractivity contribution in [3.05, 3.63) is 122 Å². The Bertz CT molecular complexity index is 1940. The highest BCUT2D eigenvalue weighted by atomic mass is 16.7. The van der Waals surface area contributed by atoms with Crippen molar-refractivity contribution in [3.8, 4) is 0 Å². The van der Waals surface area contributed by atoms with E-state index in [1.54, 1.807) is 0 Å². The number of aliphatic hydroxyl groups excluding tert-OH is 2. The van der Waals surface area contributed by atoms with Gasteiger partial charge in [-0.3, -0.25) is 14.4 Å². The van der Waals surface area contributed by atoms with E-state index in [0.717, 1.165) is 122 Å². The van der Waals surface area contributed by atoms with Gasteiger partial charge in [0.2, 0.25) is 0 Å². The molecule has 6 unspecified atom stereocenters. The molecule has 0 amide bonds. The van der Waals surface area contributed by atoms with Gasteiger partial charge in [-0.2, -0.15) is 0 Å². The van der Waals surface area contributed by atoms with Crippen molar-refractivity contribution in [2.75, 3.05) is 13.2 Å². The second-order valence-corrected chi connectivity index (χ2v) is 22.3. The zero-order valence-electron chi connectivity index (χ0n) is 53.3. The Labute approximate surface area is 516 Å². The van der Waals surface area contributed by atoms with Gasteiger partial charge in [0.1, 0.15) is 18.8 Å². The number of carbonyl (C=O) groups excluding carboxylic acids is 3. The molecule has 85 heavy (non-hydrogen) atoms. The first-order chi connectivity index (χ1) is 41.6. The Morgan fingerprint density at radius 3 is 1.15 bits per heavy atom. The molecule has 0 radical (unpaired) electrons. The topological polar surface area (TPSA) is 175 Å². The van der Waals surface area contributed by atoms with Crippen LogP contribution in [0, 0.1) is 0 Å². The van der Waals surface area contributed by atoms with Gasteiger partial charge in [0, 0.05) is 19.3 Å². The summed E-state index contributed by atoms with van der Waals surface area (Å²) in [4.78, 5) is 51.4. The number of carbonyl (C=O) groups is 4. The van der Waals surface area contributed by atoms with Gasteiger partial charge in [0.15, 0.2) is 24.6 Å². The standard InChI is InChI=1S/C73H118O12/c1-4-7-10-13-16-19-22-25-28-31-33-36-38-41-44-47-50-53-56-59-65(74)81-62-64(83-66(75)60-57-54-51-48-45-42-39-35-30-27-24-21-18-15-12-9-6-3)63-82-73-71(69(78)68(77)70(85-73)72(79)80)84-67(76)61-58-55-52-49-46-43-40-37-34-32-29-26-23-20-17-14-11-8-5-2/h8-9,11-12,17-18,20-21,25-30,34,37,39,42-43,46,64,68-71,73,77-78H,4-7,10,13-16,19,22-24,31-33,35-36,38,40-41,44-45,47-63H2,1-3H3,(H,79,80)/b11-8-,12-9-,20-17-,21-18-,28-25-,29-26-,30-27-,37-34-,42-39-,46-43-. The smallest absolute Gasteiger partial charge is 0.335 e. The average Bonchev–Trinajstić information content (AvgIpc) is 2.79. The first kappa shape index (κ1) is 78.1. The number of esters is 3. The lowest BCUT2D eigenvalue weighted by molar-refractivity contribution is -0.301. The summed E-state index contributed by atoms with van der Waals surface area (Å²) in [6.45, 7) is 5.75. The number of carboxylic acids is 1. The third-order valence-electron chi connectivity index (χ3n) is 14.5. The average molecular weight is 1190 g/mol. The molecule has 1 aliphatic rings. The van der Waals surface area contributed by atoms with Crippen LogP contribution in [0.25, 0.3) is 0 Å². The molecule has 0 aromatic rings. The molecule has 482 valence electrons. The van der Waals surface area contributed by atoms with E-state index >= 15 is 0 Å². The molecule has 0 bridgehead atoms. The van der Waals surface area contributed by atoms with Crippen molar-refractivity contribution in [1.29, 1.82) is 0 Å². The van der Waals surface area contributed by atoms with Crippen LogP contribution in [0.15, 0.2) is 122 Å². The van der Waals surface area contributed by atoms with Crippen molar-refractivity contribution in [2.45, 2.75) is 302 Å². The van der Waals surface area contributed by atoms with Crippen molar-refractivity contribution in [1.82, 2.24) is 0 Å². The molecule has 1 rings (SSSR count). The largest absolute Gasteiger partial charge is 0.479 e. The highest BCUT2D eigenvalue weighted by molar-refractivity contribution is 5.74. The molecule has 0 aliphatic carbocycles. The van der Waals surface area contributed by atoms with Gasteiger partial charge in [0.05, 0.1) is 6.61 Å². The quantitative estimate of drug-likeness (QED) is 0.0228. The molecule has 1 aliphatic heterocycles. The predicted molar refractivity (Wildman–Crippen MR) is 349 cm³/mol. The molecular formula is C73H118O12. The molecule has 6 atom stereocenters. The van der Waals surface area contributed by atoms with Crippen LogP contribution in [0.3, 0.4) is 0 Å². The number of hydrogen-bond acceptors (Lipinski definition) is 11. The fourth-order valence-electron chi connectivity index (χ4n) is 9.44. The number of ether oxygens (including phenoxy) is 5. The minimum atomic E-state index is -1.93. The van der Waals surface area contributed by atoms with Crippen LogP contribution in [-0.2, 0) is 42.9 Å². The molecule has 12 heteroatoms. The Morgan fingerprint density at radius 2 is 0.741 bits per heavy atom. The van der Waals surface area contributed by atoms with Gasteiger partial charge in [-0.15, -0.1) is 0 Å². The maximum absolute atomic E-state index is 13.2. The summed E-state index contributed by atoms with van der Waals surface area (Å²) in [5.74, 6) is -3.20. The molecule has 0 aromatic carbocycles. The molecular weight excluding hydrogens is 1070 g/mol. The highest BCUT2D eigenvalue weighted by Gasteiger charge is 2.50. The second-order valence-electron chi connectivity index (χ2n) is 22.3. The third-order valence-corrected chi connectivity index (χ3v) is 14.5. The Kier molecular flexibility index (Phi) is 54.6. The Hall–Kier alpha value is -4.88. The number of carboxylic acid groups (broad SMARTS) is 1. The van der Waals surface area contributed by atoms with Crippen LogP contribution >= 0.6 is 0 Å². The van der Waals surface area contributed by atoms with Crippen LogP contribution in [0.1, 0.15) is 265 Å². The monoisotopic (exact) mass is 1190 g/mol. The fourth-order valence-corrected chi connectivity index (χ4v) is 9.44. The molecule has 3 N–H and O–H groups in total. The van der Waals surface area contributed by atoms with E-state index in [4.69, 9.17) is 23.7 Å². The molecule has 0 saturated carbocycles. The number of aliphatic hydroxyl groups is 2. The summed E-state index contributed by atoms with van der Waals surface area (Å²) >= 11 is 0. The maximum atomic E-state index is 13.2. The fraction of sp³-hybridized carbons (Fsp3) is 0.671. The zero-order chi connectivity index (χ0) is 61.7. The number of allylic oxidation sites excluding steroid dienone is 20.